The highest BCUT2D eigenvalue weighted by Crippen LogP contribution is 2.36. The predicted octanol–water partition coefficient (Wildman–Crippen LogP) is 3.03. The monoisotopic (exact) mass is 360 g/mol. The minimum absolute atomic E-state index is 0.104. The summed E-state index contributed by atoms with van der Waals surface area (Å²) in [7, 11) is 0. The highest BCUT2D eigenvalue weighted by molar-refractivity contribution is 9.10. The van der Waals surface area contributed by atoms with E-state index < -0.39 is 0 Å². The standard InChI is InChI=1S/C16H13BrN2O3/c17-14-2-1-3-15-18-16(11(9-20)19(14)15)10-4-5-12-13(8-10)22-7-6-21-12/h1-5,8,20H,6-7,9H2. The number of hydrogen-bond acceptors (Lipinski definition) is 4. The van der Waals surface area contributed by atoms with E-state index in [1.54, 1.807) is 0 Å². The molecule has 0 unspecified atom stereocenters. The Morgan fingerprint density at radius 1 is 1.14 bits per heavy atom. The molecule has 0 saturated heterocycles. The number of ether oxygens (including phenoxy) is 2. The molecule has 1 aliphatic rings. The summed E-state index contributed by atoms with van der Waals surface area (Å²) in [4.78, 5) is 4.64. The molecule has 0 saturated carbocycles. The smallest absolute Gasteiger partial charge is 0.162 e. The van der Waals surface area contributed by atoms with Crippen LogP contribution in [0.15, 0.2) is 41.0 Å². The molecule has 5 nitrogen and oxygen atoms in total. The molecular formula is C16H13BrN2O3. The Hall–Kier alpha value is -2.05. The van der Waals surface area contributed by atoms with Crippen molar-refractivity contribution in [3.63, 3.8) is 0 Å². The molecule has 3 aromatic rings. The van der Waals surface area contributed by atoms with Gasteiger partial charge in [0, 0.05) is 5.56 Å². The number of aliphatic hydroxyl groups is 1. The van der Waals surface area contributed by atoms with Crippen LogP contribution in [0.4, 0.5) is 0 Å². The Bertz CT molecular complexity index is 860. The first-order chi connectivity index (χ1) is 10.8. The number of imidazole rings is 1. The lowest BCUT2D eigenvalue weighted by Crippen LogP contribution is -2.15. The lowest BCUT2D eigenvalue weighted by Gasteiger charge is -2.18. The van der Waals surface area contributed by atoms with Gasteiger partial charge in [-0.3, -0.25) is 4.40 Å². The zero-order valence-electron chi connectivity index (χ0n) is 11.6. The van der Waals surface area contributed by atoms with Gasteiger partial charge in [0.15, 0.2) is 11.5 Å². The number of fused-ring (bicyclic) bond motifs is 2. The Morgan fingerprint density at radius 2 is 1.95 bits per heavy atom. The minimum Gasteiger partial charge on any atom is -0.486 e. The molecule has 1 aromatic carbocycles. The Balaban J connectivity index is 1.92. The van der Waals surface area contributed by atoms with Crippen LogP contribution < -0.4 is 9.47 Å². The van der Waals surface area contributed by atoms with Crippen molar-refractivity contribution in [3.8, 4) is 22.8 Å². The summed E-state index contributed by atoms with van der Waals surface area (Å²) in [6.45, 7) is 1.00. The second-order valence-electron chi connectivity index (χ2n) is 4.97. The van der Waals surface area contributed by atoms with Crippen LogP contribution in [0.5, 0.6) is 11.5 Å². The van der Waals surface area contributed by atoms with Gasteiger partial charge in [0.2, 0.25) is 0 Å². The van der Waals surface area contributed by atoms with Crippen molar-refractivity contribution in [1.29, 1.82) is 0 Å². The number of hydrogen-bond donors (Lipinski definition) is 1. The minimum atomic E-state index is -0.104. The van der Waals surface area contributed by atoms with Gasteiger partial charge in [-0.15, -0.1) is 0 Å². The van der Waals surface area contributed by atoms with Crippen molar-refractivity contribution >= 4 is 21.6 Å². The van der Waals surface area contributed by atoms with Crippen molar-refractivity contribution in [3.05, 3.63) is 46.7 Å². The van der Waals surface area contributed by atoms with Crippen LogP contribution in [0, 0.1) is 0 Å². The largest absolute Gasteiger partial charge is 0.486 e. The first-order valence-electron chi connectivity index (χ1n) is 6.94. The maximum Gasteiger partial charge on any atom is 0.162 e. The van der Waals surface area contributed by atoms with Crippen LogP contribution in [0.25, 0.3) is 16.9 Å². The van der Waals surface area contributed by atoms with Gasteiger partial charge < -0.3 is 14.6 Å². The number of benzene rings is 1. The third-order valence-electron chi connectivity index (χ3n) is 3.66. The highest BCUT2D eigenvalue weighted by atomic mass is 79.9. The molecule has 112 valence electrons. The Morgan fingerprint density at radius 3 is 2.77 bits per heavy atom. The van der Waals surface area contributed by atoms with Gasteiger partial charge in [-0.25, -0.2) is 4.98 Å². The van der Waals surface area contributed by atoms with E-state index in [2.05, 4.69) is 20.9 Å². The van der Waals surface area contributed by atoms with Gasteiger partial charge >= 0.3 is 0 Å². The third kappa shape index (κ3) is 2.07. The number of pyridine rings is 1. The first kappa shape index (κ1) is 13.6. The maximum absolute atomic E-state index is 9.79. The fourth-order valence-electron chi connectivity index (χ4n) is 2.68. The summed E-state index contributed by atoms with van der Waals surface area (Å²) < 4.78 is 13.9. The van der Waals surface area contributed by atoms with Gasteiger partial charge in [-0.1, -0.05) is 6.07 Å². The number of halogens is 1. The molecule has 0 fully saturated rings. The first-order valence-corrected chi connectivity index (χ1v) is 7.74. The zero-order valence-corrected chi connectivity index (χ0v) is 13.2. The molecule has 0 aliphatic carbocycles. The molecule has 0 radical (unpaired) electrons. The number of aliphatic hydroxyl groups excluding tert-OH is 1. The van der Waals surface area contributed by atoms with E-state index in [0.717, 1.165) is 33.0 Å². The lowest BCUT2D eigenvalue weighted by atomic mass is 10.1. The fraction of sp³-hybridized carbons (Fsp3) is 0.188. The number of aromatic nitrogens is 2. The lowest BCUT2D eigenvalue weighted by molar-refractivity contribution is 0.171. The molecule has 22 heavy (non-hydrogen) atoms. The predicted molar refractivity (Wildman–Crippen MR) is 85.2 cm³/mol. The van der Waals surface area contributed by atoms with Crippen molar-refractivity contribution in [2.24, 2.45) is 0 Å². The molecule has 2 aromatic heterocycles. The maximum atomic E-state index is 9.79. The summed E-state index contributed by atoms with van der Waals surface area (Å²) in [6, 6.07) is 11.5. The number of rotatable bonds is 2. The number of nitrogens with zero attached hydrogens (tertiary/aromatic N) is 2. The summed E-state index contributed by atoms with van der Waals surface area (Å²) in [5.41, 5.74) is 3.15. The Kier molecular flexibility index (Phi) is 3.28. The van der Waals surface area contributed by atoms with Gasteiger partial charge in [0.1, 0.15) is 18.9 Å². The van der Waals surface area contributed by atoms with Crippen LogP contribution in [-0.2, 0) is 6.61 Å². The van der Waals surface area contributed by atoms with Gasteiger partial charge in [0.25, 0.3) is 0 Å². The van der Waals surface area contributed by atoms with Gasteiger partial charge in [-0.2, -0.15) is 0 Å². The third-order valence-corrected chi connectivity index (χ3v) is 4.28. The van der Waals surface area contributed by atoms with E-state index in [9.17, 15) is 5.11 Å². The topological polar surface area (TPSA) is 56.0 Å². The van der Waals surface area contributed by atoms with Crippen molar-refractivity contribution in [2.45, 2.75) is 6.61 Å². The summed E-state index contributed by atoms with van der Waals surface area (Å²) in [5, 5.41) is 9.79. The summed E-state index contributed by atoms with van der Waals surface area (Å²) >= 11 is 3.50. The van der Waals surface area contributed by atoms with Crippen molar-refractivity contribution < 1.29 is 14.6 Å². The molecule has 1 N–H and O–H groups in total. The highest BCUT2D eigenvalue weighted by Gasteiger charge is 2.18. The zero-order chi connectivity index (χ0) is 15.1. The molecule has 4 rings (SSSR count). The molecule has 0 bridgehead atoms. The fourth-order valence-corrected chi connectivity index (χ4v) is 3.23. The molecule has 6 heteroatoms. The molecule has 0 atom stereocenters. The van der Waals surface area contributed by atoms with Crippen LogP contribution in [-0.4, -0.2) is 27.7 Å². The van der Waals surface area contributed by atoms with Crippen molar-refractivity contribution in [2.75, 3.05) is 13.2 Å². The van der Waals surface area contributed by atoms with Crippen LogP contribution >= 0.6 is 15.9 Å². The molecule has 0 amide bonds. The summed E-state index contributed by atoms with van der Waals surface area (Å²) in [5.74, 6) is 1.45. The van der Waals surface area contributed by atoms with Crippen molar-refractivity contribution in [1.82, 2.24) is 9.38 Å². The summed E-state index contributed by atoms with van der Waals surface area (Å²) in [6.07, 6.45) is 0. The van der Waals surface area contributed by atoms with Crippen LogP contribution in [0.2, 0.25) is 0 Å². The van der Waals surface area contributed by atoms with E-state index >= 15 is 0 Å². The van der Waals surface area contributed by atoms with E-state index in [0.29, 0.717) is 19.0 Å². The molecule has 3 heterocycles. The molecular weight excluding hydrogens is 348 g/mol. The van der Waals surface area contributed by atoms with E-state index in [1.165, 1.54) is 0 Å². The Labute approximate surface area is 135 Å². The average molecular weight is 361 g/mol. The molecule has 0 spiro atoms. The van der Waals surface area contributed by atoms with Gasteiger partial charge in [0.05, 0.1) is 22.6 Å². The normalized spacial score (nSPS) is 13.5. The van der Waals surface area contributed by atoms with Gasteiger partial charge in [-0.05, 0) is 46.3 Å². The van der Waals surface area contributed by atoms with E-state index in [-0.39, 0.29) is 6.61 Å². The van der Waals surface area contributed by atoms with Crippen LogP contribution in [0.1, 0.15) is 5.69 Å². The SMILES string of the molecule is OCc1c(-c2ccc3c(c2)OCCO3)nc2cccc(Br)n12. The van der Waals surface area contributed by atoms with E-state index in [1.807, 2.05) is 40.8 Å². The van der Waals surface area contributed by atoms with Crippen LogP contribution in [0.3, 0.4) is 0 Å². The second-order valence-corrected chi connectivity index (χ2v) is 5.78. The second kappa shape index (κ2) is 5.30. The quantitative estimate of drug-likeness (QED) is 0.713. The average Bonchev–Trinajstić information content (AvgIpc) is 2.94. The van der Waals surface area contributed by atoms with E-state index in [4.69, 9.17) is 9.47 Å². The molecule has 1 aliphatic heterocycles.